The van der Waals surface area contributed by atoms with Crippen LogP contribution in [0.15, 0.2) is 55.0 Å². The molecule has 3 N–H and O–H groups in total. The molecule has 0 unspecified atom stereocenters. The van der Waals surface area contributed by atoms with Crippen LogP contribution in [0.25, 0.3) is 11.3 Å². The third-order valence-electron chi connectivity index (χ3n) is 5.35. The molecule has 0 aliphatic heterocycles. The highest BCUT2D eigenvalue weighted by molar-refractivity contribution is 5.94. The molecule has 0 fully saturated rings. The Morgan fingerprint density at radius 1 is 0.944 bits per heavy atom. The monoisotopic (exact) mass is 488 g/mol. The van der Waals surface area contributed by atoms with Crippen molar-refractivity contribution in [1.82, 2.24) is 30.0 Å². The third kappa shape index (κ3) is 5.87. The van der Waals surface area contributed by atoms with Gasteiger partial charge in [-0.1, -0.05) is 0 Å². The Kier molecular flexibility index (Phi) is 7.59. The molecular formula is C25H28N8O3. The second-order valence-electron chi connectivity index (χ2n) is 7.92. The van der Waals surface area contributed by atoms with Gasteiger partial charge in [0.05, 0.1) is 19.9 Å². The number of rotatable bonds is 10. The van der Waals surface area contributed by atoms with Crippen molar-refractivity contribution in [2.45, 2.75) is 6.92 Å². The molecule has 0 aliphatic carbocycles. The Labute approximate surface area is 208 Å². The minimum atomic E-state index is -0.240. The van der Waals surface area contributed by atoms with Crippen molar-refractivity contribution >= 4 is 23.4 Å². The number of carbonyl (C=O) groups excluding carboxylic acids is 1. The topological polar surface area (TPSA) is 128 Å². The fourth-order valence-corrected chi connectivity index (χ4v) is 3.54. The van der Waals surface area contributed by atoms with Crippen molar-refractivity contribution < 1.29 is 14.3 Å². The van der Waals surface area contributed by atoms with Gasteiger partial charge in [0, 0.05) is 38.0 Å². The zero-order chi connectivity index (χ0) is 25.5. The highest BCUT2D eigenvalue weighted by Crippen LogP contribution is 2.32. The number of anilines is 3. The van der Waals surface area contributed by atoms with E-state index in [4.69, 9.17) is 9.47 Å². The first kappa shape index (κ1) is 24.5. The van der Waals surface area contributed by atoms with E-state index in [0.29, 0.717) is 53.4 Å². The summed E-state index contributed by atoms with van der Waals surface area (Å²) in [5, 5.41) is 13.7. The largest absolute Gasteiger partial charge is 0.497 e. The van der Waals surface area contributed by atoms with E-state index in [1.165, 1.54) is 6.33 Å². The Morgan fingerprint density at radius 3 is 2.53 bits per heavy atom. The molecule has 11 nitrogen and oxygen atoms in total. The molecule has 0 saturated carbocycles. The summed E-state index contributed by atoms with van der Waals surface area (Å²) in [5.74, 6) is 3.02. The SMILES string of the molecule is COc1ccc(OC)c(-c2cc(C(=O)NCCNc3cc(Nc4cc(C)ccn4)ncn3)n(C)n2)c1. The molecule has 0 aliphatic rings. The maximum atomic E-state index is 12.8. The van der Waals surface area contributed by atoms with E-state index in [0.717, 1.165) is 11.1 Å². The summed E-state index contributed by atoms with van der Waals surface area (Å²) in [4.78, 5) is 25.5. The number of nitrogens with zero attached hydrogens (tertiary/aromatic N) is 5. The van der Waals surface area contributed by atoms with Crippen molar-refractivity contribution in [3.05, 3.63) is 66.2 Å². The van der Waals surface area contributed by atoms with Crippen molar-refractivity contribution in [1.29, 1.82) is 0 Å². The van der Waals surface area contributed by atoms with Gasteiger partial charge in [0.1, 0.15) is 41.0 Å². The minimum absolute atomic E-state index is 0.240. The number of aromatic nitrogens is 5. The number of benzene rings is 1. The lowest BCUT2D eigenvalue weighted by Crippen LogP contribution is -2.30. The maximum Gasteiger partial charge on any atom is 0.269 e. The number of pyridine rings is 1. The second-order valence-corrected chi connectivity index (χ2v) is 7.92. The van der Waals surface area contributed by atoms with Crippen LogP contribution in [0.2, 0.25) is 0 Å². The molecule has 1 amide bonds. The van der Waals surface area contributed by atoms with Crippen molar-refractivity contribution in [3.8, 4) is 22.8 Å². The van der Waals surface area contributed by atoms with Crippen LogP contribution in [0.4, 0.5) is 17.5 Å². The van der Waals surface area contributed by atoms with Crippen LogP contribution in [0.1, 0.15) is 16.1 Å². The van der Waals surface area contributed by atoms with E-state index < -0.39 is 0 Å². The highest BCUT2D eigenvalue weighted by Gasteiger charge is 2.17. The molecule has 0 atom stereocenters. The third-order valence-corrected chi connectivity index (χ3v) is 5.35. The summed E-state index contributed by atoms with van der Waals surface area (Å²) in [6, 6.07) is 12.8. The van der Waals surface area contributed by atoms with E-state index in [1.54, 1.807) is 50.3 Å². The van der Waals surface area contributed by atoms with E-state index in [2.05, 4.69) is 36.0 Å². The second kappa shape index (κ2) is 11.2. The van der Waals surface area contributed by atoms with Crippen LogP contribution in [-0.4, -0.2) is 57.9 Å². The zero-order valence-electron chi connectivity index (χ0n) is 20.6. The minimum Gasteiger partial charge on any atom is -0.497 e. The fourth-order valence-electron chi connectivity index (χ4n) is 3.54. The Morgan fingerprint density at radius 2 is 1.75 bits per heavy atom. The van der Waals surface area contributed by atoms with Crippen molar-refractivity contribution in [2.75, 3.05) is 37.9 Å². The average Bonchev–Trinajstić information content (AvgIpc) is 3.28. The summed E-state index contributed by atoms with van der Waals surface area (Å²) in [7, 11) is 4.91. The zero-order valence-corrected chi connectivity index (χ0v) is 20.6. The van der Waals surface area contributed by atoms with E-state index in [9.17, 15) is 4.79 Å². The molecule has 36 heavy (non-hydrogen) atoms. The summed E-state index contributed by atoms with van der Waals surface area (Å²) in [5.41, 5.74) is 2.87. The van der Waals surface area contributed by atoms with Crippen LogP contribution in [0, 0.1) is 6.92 Å². The van der Waals surface area contributed by atoms with E-state index in [1.807, 2.05) is 31.2 Å². The molecule has 3 aromatic heterocycles. The molecule has 4 rings (SSSR count). The molecule has 0 spiro atoms. The van der Waals surface area contributed by atoms with Gasteiger partial charge in [-0.15, -0.1) is 0 Å². The van der Waals surface area contributed by atoms with Crippen LogP contribution < -0.4 is 25.4 Å². The van der Waals surface area contributed by atoms with Gasteiger partial charge in [-0.3, -0.25) is 9.48 Å². The number of ether oxygens (including phenoxy) is 2. The molecule has 1 aromatic carbocycles. The number of aryl methyl sites for hydroxylation is 2. The summed E-state index contributed by atoms with van der Waals surface area (Å²) in [6.45, 7) is 2.85. The number of amides is 1. The van der Waals surface area contributed by atoms with E-state index >= 15 is 0 Å². The molecule has 11 heteroatoms. The number of methoxy groups -OCH3 is 2. The number of hydrogen-bond donors (Lipinski definition) is 3. The molecule has 4 aromatic rings. The van der Waals surface area contributed by atoms with Gasteiger partial charge in [0.2, 0.25) is 0 Å². The van der Waals surface area contributed by atoms with Crippen LogP contribution in [0.5, 0.6) is 11.5 Å². The van der Waals surface area contributed by atoms with E-state index in [-0.39, 0.29) is 5.91 Å². The summed E-state index contributed by atoms with van der Waals surface area (Å²) >= 11 is 0. The quantitative estimate of drug-likeness (QED) is 0.288. The molecule has 0 radical (unpaired) electrons. The predicted octanol–water partition coefficient (Wildman–Crippen LogP) is 3.18. The fraction of sp³-hybridized carbons (Fsp3) is 0.240. The number of nitrogens with one attached hydrogen (secondary N) is 3. The highest BCUT2D eigenvalue weighted by atomic mass is 16.5. The van der Waals surface area contributed by atoms with Gasteiger partial charge in [0.25, 0.3) is 5.91 Å². The Balaban J connectivity index is 1.34. The maximum absolute atomic E-state index is 12.8. The normalized spacial score (nSPS) is 10.6. The standard InChI is InChI=1S/C25H28N8O3/c1-16-7-8-26-23(11-16)31-24-14-22(29-15-30-24)27-9-10-28-25(34)20-13-19(32-33(20)2)18-12-17(35-3)5-6-21(18)36-4/h5-8,11-15H,9-10H2,1-4H3,(H,28,34)(H2,26,27,29,30,31). The van der Waals surface area contributed by atoms with Gasteiger partial charge in [-0.05, 0) is 48.9 Å². The van der Waals surface area contributed by atoms with Gasteiger partial charge < -0.3 is 25.4 Å². The van der Waals surface area contributed by atoms with Crippen LogP contribution in [-0.2, 0) is 7.05 Å². The molecule has 3 heterocycles. The lowest BCUT2D eigenvalue weighted by atomic mass is 10.1. The van der Waals surface area contributed by atoms with Crippen molar-refractivity contribution in [2.24, 2.45) is 7.05 Å². The molecule has 0 saturated heterocycles. The predicted molar refractivity (Wildman–Crippen MR) is 137 cm³/mol. The molecular weight excluding hydrogens is 460 g/mol. The lowest BCUT2D eigenvalue weighted by molar-refractivity contribution is 0.0945. The first-order valence-electron chi connectivity index (χ1n) is 11.3. The smallest absolute Gasteiger partial charge is 0.269 e. The van der Waals surface area contributed by atoms with Gasteiger partial charge in [0.15, 0.2) is 0 Å². The Hall–Kier alpha value is -4.67. The van der Waals surface area contributed by atoms with Gasteiger partial charge in [-0.25, -0.2) is 15.0 Å². The van der Waals surface area contributed by atoms with Crippen LogP contribution >= 0.6 is 0 Å². The lowest BCUT2D eigenvalue weighted by Gasteiger charge is -2.09. The Bertz CT molecular complexity index is 1350. The summed E-state index contributed by atoms with van der Waals surface area (Å²) in [6.07, 6.45) is 3.20. The number of hydrogen-bond acceptors (Lipinski definition) is 9. The van der Waals surface area contributed by atoms with Crippen molar-refractivity contribution in [3.63, 3.8) is 0 Å². The van der Waals surface area contributed by atoms with Gasteiger partial charge in [-0.2, -0.15) is 5.10 Å². The van der Waals surface area contributed by atoms with Crippen LogP contribution in [0.3, 0.4) is 0 Å². The molecule has 186 valence electrons. The first-order valence-corrected chi connectivity index (χ1v) is 11.3. The average molecular weight is 489 g/mol. The number of carbonyl (C=O) groups is 1. The summed E-state index contributed by atoms with van der Waals surface area (Å²) < 4.78 is 12.3. The van der Waals surface area contributed by atoms with Gasteiger partial charge >= 0.3 is 0 Å². The molecule has 0 bridgehead atoms. The first-order chi connectivity index (χ1) is 17.5.